The number of aromatic nitrogens is 4. The van der Waals surface area contributed by atoms with Crippen LogP contribution in [0.5, 0.6) is 0 Å². The van der Waals surface area contributed by atoms with Gasteiger partial charge in [0, 0.05) is 6.04 Å². The molecular formula is C13H19N6O4P. The number of fused-ring (bicyclic) bond motifs is 1. The predicted octanol–water partition coefficient (Wildman–Crippen LogP) is 0.666. The van der Waals surface area contributed by atoms with Crippen LogP contribution in [0, 0.1) is 0 Å². The molecule has 1 aliphatic heterocycles. The van der Waals surface area contributed by atoms with E-state index in [1.54, 1.807) is 10.9 Å². The topological polar surface area (TPSA) is 148 Å². The molecule has 0 radical (unpaired) electrons. The van der Waals surface area contributed by atoms with E-state index in [0.29, 0.717) is 42.4 Å². The van der Waals surface area contributed by atoms with Crippen molar-refractivity contribution in [3.8, 4) is 0 Å². The van der Waals surface area contributed by atoms with Crippen molar-refractivity contribution in [2.24, 2.45) is 0 Å². The molecule has 0 amide bonds. The minimum absolute atomic E-state index is 0.160. The Hall–Kier alpha value is -1.74. The van der Waals surface area contributed by atoms with Crippen molar-refractivity contribution in [3.05, 3.63) is 6.33 Å². The number of imidazole rings is 1. The Balaban J connectivity index is 1.57. The molecule has 2 atom stereocenters. The average Bonchev–Trinajstić information content (AvgIpc) is 3.03. The lowest BCUT2D eigenvalue weighted by atomic mass is 10.2. The summed E-state index contributed by atoms with van der Waals surface area (Å²) in [5.74, 6) is -0.240. The second-order valence-electron chi connectivity index (χ2n) is 6.30. The number of nitrogens with two attached hydrogens (primary N) is 1. The molecule has 3 heterocycles. The molecule has 0 bridgehead atoms. The van der Waals surface area contributed by atoms with Crippen LogP contribution < -0.4 is 11.1 Å². The molecule has 2 unspecified atom stereocenters. The summed E-state index contributed by atoms with van der Waals surface area (Å²) in [5, 5.41) is 3.29. The standard InChI is InChI=1S/C13H19N6O4P/c14-13-17-11(16-7-1-2-7)10-12(18-13)19(6-15-10)5-8-3-4-9(23-8)24(20,21)22/h6-9H,1-5H2,(H2,20,21,22)(H3,14,16,17,18). The van der Waals surface area contributed by atoms with Gasteiger partial charge in [-0.2, -0.15) is 9.97 Å². The van der Waals surface area contributed by atoms with Gasteiger partial charge in [-0.3, -0.25) is 4.57 Å². The molecule has 5 N–H and O–H groups in total. The number of nitrogens with zero attached hydrogens (tertiary/aromatic N) is 4. The zero-order chi connectivity index (χ0) is 16.9. The van der Waals surface area contributed by atoms with Gasteiger partial charge in [-0.15, -0.1) is 0 Å². The summed E-state index contributed by atoms with van der Waals surface area (Å²) < 4.78 is 18.6. The Kier molecular flexibility index (Phi) is 3.72. The van der Waals surface area contributed by atoms with Crippen molar-refractivity contribution in [2.75, 3.05) is 11.1 Å². The number of nitrogens with one attached hydrogen (secondary N) is 1. The van der Waals surface area contributed by atoms with Crippen molar-refractivity contribution >= 4 is 30.5 Å². The van der Waals surface area contributed by atoms with Crippen molar-refractivity contribution in [1.82, 2.24) is 19.5 Å². The van der Waals surface area contributed by atoms with E-state index in [9.17, 15) is 14.4 Å². The fourth-order valence-corrected chi connectivity index (χ4v) is 3.72. The van der Waals surface area contributed by atoms with E-state index in [1.807, 2.05) is 0 Å². The van der Waals surface area contributed by atoms with Crippen molar-refractivity contribution < 1.29 is 19.1 Å². The van der Waals surface area contributed by atoms with Gasteiger partial charge in [-0.25, -0.2) is 4.98 Å². The molecule has 0 aromatic carbocycles. The minimum atomic E-state index is -4.22. The van der Waals surface area contributed by atoms with Gasteiger partial charge in [0.25, 0.3) is 0 Å². The fraction of sp³-hybridized carbons (Fsp3) is 0.615. The van der Waals surface area contributed by atoms with Crippen LogP contribution in [0.1, 0.15) is 25.7 Å². The first-order valence-corrected chi connectivity index (χ1v) is 9.54. The van der Waals surface area contributed by atoms with Gasteiger partial charge in [0.1, 0.15) is 0 Å². The van der Waals surface area contributed by atoms with Crippen LogP contribution in [-0.2, 0) is 15.8 Å². The molecule has 0 spiro atoms. The minimum Gasteiger partial charge on any atom is -0.368 e. The maximum atomic E-state index is 11.3. The van der Waals surface area contributed by atoms with Crippen LogP contribution in [0.3, 0.4) is 0 Å². The van der Waals surface area contributed by atoms with Gasteiger partial charge in [0.05, 0.1) is 19.0 Å². The van der Waals surface area contributed by atoms with E-state index in [2.05, 4.69) is 20.3 Å². The van der Waals surface area contributed by atoms with Crippen molar-refractivity contribution in [1.29, 1.82) is 0 Å². The molecule has 24 heavy (non-hydrogen) atoms. The van der Waals surface area contributed by atoms with E-state index >= 15 is 0 Å². The quantitative estimate of drug-likeness (QED) is 0.568. The van der Waals surface area contributed by atoms with E-state index < -0.39 is 13.4 Å². The summed E-state index contributed by atoms with van der Waals surface area (Å²) in [6.07, 6.45) is 4.45. The molecule has 2 aromatic rings. The highest BCUT2D eigenvalue weighted by Crippen LogP contribution is 2.48. The van der Waals surface area contributed by atoms with Crippen LogP contribution in [0.15, 0.2) is 6.33 Å². The van der Waals surface area contributed by atoms with E-state index in [1.165, 1.54) is 0 Å². The molecule has 1 saturated carbocycles. The third-order valence-electron chi connectivity index (χ3n) is 4.26. The van der Waals surface area contributed by atoms with Gasteiger partial charge in [0.2, 0.25) is 5.95 Å². The van der Waals surface area contributed by atoms with Crippen LogP contribution in [0.2, 0.25) is 0 Å². The predicted molar refractivity (Wildman–Crippen MR) is 86.3 cm³/mol. The highest BCUT2D eigenvalue weighted by molar-refractivity contribution is 7.52. The zero-order valence-corrected chi connectivity index (χ0v) is 13.8. The number of hydrogen-bond donors (Lipinski definition) is 4. The molecule has 11 heteroatoms. The van der Waals surface area contributed by atoms with Gasteiger partial charge in [0.15, 0.2) is 22.8 Å². The molecule has 4 rings (SSSR count). The van der Waals surface area contributed by atoms with Gasteiger partial charge < -0.3 is 30.1 Å². The Morgan fingerprint density at radius 3 is 2.79 bits per heavy atom. The highest BCUT2D eigenvalue weighted by Gasteiger charge is 2.37. The summed E-state index contributed by atoms with van der Waals surface area (Å²) in [4.78, 5) is 31.3. The largest absolute Gasteiger partial charge is 0.368 e. The normalized spacial score (nSPS) is 24.6. The summed E-state index contributed by atoms with van der Waals surface area (Å²) in [7, 11) is -4.22. The lowest BCUT2D eigenvalue weighted by Crippen LogP contribution is -2.17. The molecule has 130 valence electrons. The van der Waals surface area contributed by atoms with Gasteiger partial charge in [-0.1, -0.05) is 0 Å². The van der Waals surface area contributed by atoms with E-state index in [4.69, 9.17) is 10.5 Å². The maximum Gasteiger partial charge on any atom is 0.354 e. The third kappa shape index (κ3) is 3.10. The van der Waals surface area contributed by atoms with Crippen LogP contribution in [0.4, 0.5) is 11.8 Å². The Morgan fingerprint density at radius 1 is 1.33 bits per heavy atom. The second kappa shape index (κ2) is 5.66. The van der Waals surface area contributed by atoms with Crippen LogP contribution >= 0.6 is 7.60 Å². The molecule has 1 saturated heterocycles. The molecule has 10 nitrogen and oxygen atoms in total. The SMILES string of the molecule is Nc1nc(NC2CC2)c2ncn(CC3CCC(P(=O)(O)O)O3)c2n1. The lowest BCUT2D eigenvalue weighted by Gasteiger charge is -2.15. The number of hydrogen-bond acceptors (Lipinski definition) is 7. The number of rotatable bonds is 5. The first-order chi connectivity index (χ1) is 11.4. The molecule has 2 aliphatic rings. The summed E-state index contributed by atoms with van der Waals surface area (Å²) >= 11 is 0. The third-order valence-corrected chi connectivity index (χ3v) is 5.39. The monoisotopic (exact) mass is 354 g/mol. The van der Waals surface area contributed by atoms with E-state index in [0.717, 1.165) is 12.8 Å². The Labute approximate surface area is 137 Å². The summed E-state index contributed by atoms with van der Waals surface area (Å²) in [6.45, 7) is 0.409. The van der Waals surface area contributed by atoms with Crippen LogP contribution in [0.25, 0.3) is 11.2 Å². The smallest absolute Gasteiger partial charge is 0.354 e. The molecule has 2 fully saturated rings. The van der Waals surface area contributed by atoms with Gasteiger partial charge in [-0.05, 0) is 25.7 Å². The zero-order valence-electron chi connectivity index (χ0n) is 12.9. The molecule has 2 aromatic heterocycles. The first-order valence-electron chi connectivity index (χ1n) is 7.86. The van der Waals surface area contributed by atoms with Crippen molar-refractivity contribution in [3.63, 3.8) is 0 Å². The summed E-state index contributed by atoms with van der Waals surface area (Å²) in [5.41, 5.74) is 7.03. The average molecular weight is 354 g/mol. The number of anilines is 2. The summed E-state index contributed by atoms with van der Waals surface area (Å²) in [6, 6.07) is 0.412. The number of nitrogen functional groups attached to an aromatic ring is 1. The molecule has 1 aliphatic carbocycles. The fourth-order valence-electron chi connectivity index (χ4n) is 2.90. The van der Waals surface area contributed by atoms with Crippen molar-refractivity contribution in [2.45, 2.75) is 50.2 Å². The maximum absolute atomic E-state index is 11.3. The van der Waals surface area contributed by atoms with Crippen LogP contribution in [-0.4, -0.2) is 47.3 Å². The van der Waals surface area contributed by atoms with E-state index in [-0.39, 0.29) is 12.1 Å². The molecular weight excluding hydrogens is 335 g/mol. The lowest BCUT2D eigenvalue weighted by molar-refractivity contribution is 0.0621. The Bertz CT molecular complexity index is 816. The first kappa shape index (κ1) is 15.8. The highest BCUT2D eigenvalue weighted by atomic mass is 31.2. The number of ether oxygens (including phenoxy) is 1. The van der Waals surface area contributed by atoms with Gasteiger partial charge >= 0.3 is 7.60 Å². The Morgan fingerprint density at radius 2 is 2.12 bits per heavy atom. The second-order valence-corrected chi connectivity index (χ2v) is 8.05.